The lowest BCUT2D eigenvalue weighted by molar-refractivity contribution is 0.0973. The Hall–Kier alpha value is -1.71. The fourth-order valence-electron chi connectivity index (χ4n) is 2.24. The average Bonchev–Trinajstić information content (AvgIpc) is 2.89. The van der Waals surface area contributed by atoms with Gasteiger partial charge < -0.3 is 4.74 Å². The molecule has 3 rings (SSSR count). The minimum absolute atomic E-state index is 0.0695. The Morgan fingerprint density at radius 3 is 2.72 bits per heavy atom. The maximum atomic E-state index is 5.75. The van der Waals surface area contributed by atoms with Crippen molar-refractivity contribution in [3.05, 3.63) is 66.0 Å². The van der Waals surface area contributed by atoms with E-state index in [0.717, 1.165) is 18.7 Å². The van der Waals surface area contributed by atoms with Crippen LogP contribution in [0.2, 0.25) is 0 Å². The van der Waals surface area contributed by atoms with Crippen molar-refractivity contribution in [1.82, 2.24) is 10.3 Å². The first-order valence-electron chi connectivity index (χ1n) is 6.24. The topological polar surface area (TPSA) is 34.1 Å². The molecule has 0 amide bonds. The van der Waals surface area contributed by atoms with Gasteiger partial charge in [-0.05, 0) is 24.1 Å². The van der Waals surface area contributed by atoms with Crippen LogP contribution in [0.15, 0.2) is 54.7 Å². The third-order valence-electron chi connectivity index (χ3n) is 3.13. The van der Waals surface area contributed by atoms with Gasteiger partial charge in [0, 0.05) is 12.2 Å². The van der Waals surface area contributed by atoms with Crippen molar-refractivity contribution in [1.29, 1.82) is 0 Å². The van der Waals surface area contributed by atoms with E-state index in [-0.39, 0.29) is 6.23 Å². The Morgan fingerprint density at radius 1 is 1.11 bits per heavy atom. The second-order valence-corrected chi connectivity index (χ2v) is 4.52. The summed E-state index contributed by atoms with van der Waals surface area (Å²) < 4.78 is 5.75. The number of ether oxygens (including phenoxy) is 1. The van der Waals surface area contributed by atoms with Crippen LogP contribution >= 0.6 is 0 Å². The molecule has 0 radical (unpaired) electrons. The molecule has 0 bridgehead atoms. The molecule has 0 unspecified atom stereocenters. The molecule has 0 spiro atoms. The van der Waals surface area contributed by atoms with Gasteiger partial charge in [-0.25, -0.2) is 0 Å². The molecular weight excluding hydrogens is 224 g/mol. The molecule has 1 aromatic carbocycles. The van der Waals surface area contributed by atoms with Crippen molar-refractivity contribution >= 4 is 0 Å². The van der Waals surface area contributed by atoms with Crippen LogP contribution in [0.4, 0.5) is 0 Å². The van der Waals surface area contributed by atoms with E-state index in [1.165, 1.54) is 5.56 Å². The summed E-state index contributed by atoms with van der Waals surface area (Å²) in [4.78, 5) is 4.31. The zero-order chi connectivity index (χ0) is 12.2. The zero-order valence-corrected chi connectivity index (χ0v) is 10.1. The number of nitrogens with zero attached hydrogens (tertiary/aromatic N) is 1. The summed E-state index contributed by atoms with van der Waals surface area (Å²) in [5, 5.41) is 3.47. The highest BCUT2D eigenvalue weighted by atomic mass is 16.5. The van der Waals surface area contributed by atoms with E-state index in [2.05, 4.69) is 34.6 Å². The van der Waals surface area contributed by atoms with Crippen LogP contribution in [0, 0.1) is 0 Å². The van der Waals surface area contributed by atoms with Gasteiger partial charge in [0.25, 0.3) is 0 Å². The van der Waals surface area contributed by atoms with Crippen molar-refractivity contribution in [2.24, 2.45) is 0 Å². The average molecular weight is 240 g/mol. The number of pyridine rings is 1. The highest BCUT2D eigenvalue weighted by molar-refractivity contribution is 5.17. The molecule has 2 atom stereocenters. The summed E-state index contributed by atoms with van der Waals surface area (Å²) in [7, 11) is 0. The van der Waals surface area contributed by atoms with Gasteiger partial charge in [0.2, 0.25) is 0 Å². The predicted molar refractivity (Wildman–Crippen MR) is 70.0 cm³/mol. The van der Waals surface area contributed by atoms with Crippen LogP contribution in [0.5, 0.6) is 0 Å². The Morgan fingerprint density at radius 2 is 1.94 bits per heavy atom. The Kier molecular flexibility index (Phi) is 3.35. The minimum atomic E-state index is -0.0695. The molecule has 92 valence electrons. The molecular formula is C15H16N2O. The number of nitrogens with one attached hydrogen (secondary N) is 1. The van der Waals surface area contributed by atoms with Crippen molar-refractivity contribution in [3.63, 3.8) is 0 Å². The van der Waals surface area contributed by atoms with Gasteiger partial charge in [-0.15, -0.1) is 0 Å². The first kappa shape index (κ1) is 11.4. The molecule has 1 aromatic heterocycles. The predicted octanol–water partition coefficient (Wildman–Crippen LogP) is 2.31. The van der Waals surface area contributed by atoms with Crippen molar-refractivity contribution in [3.8, 4) is 0 Å². The lowest BCUT2D eigenvalue weighted by Gasteiger charge is -2.11. The number of rotatable bonds is 3. The fraction of sp³-hybridized carbons (Fsp3) is 0.267. The Bertz CT molecular complexity index is 486. The molecule has 1 N–H and O–H groups in total. The molecule has 1 aliphatic heterocycles. The highest BCUT2D eigenvalue weighted by Gasteiger charge is 2.26. The monoisotopic (exact) mass is 240 g/mol. The van der Waals surface area contributed by atoms with Crippen LogP contribution in [-0.4, -0.2) is 17.6 Å². The maximum Gasteiger partial charge on any atom is 0.151 e. The van der Waals surface area contributed by atoms with E-state index >= 15 is 0 Å². The summed E-state index contributed by atoms with van der Waals surface area (Å²) in [5.74, 6) is 0. The molecule has 1 aliphatic rings. The molecule has 2 heterocycles. The van der Waals surface area contributed by atoms with Crippen LogP contribution in [0.3, 0.4) is 0 Å². The van der Waals surface area contributed by atoms with Crippen molar-refractivity contribution in [2.45, 2.75) is 18.7 Å². The van der Waals surface area contributed by atoms with Gasteiger partial charge in [-0.2, -0.15) is 0 Å². The largest absolute Gasteiger partial charge is 0.356 e. The van der Waals surface area contributed by atoms with Crippen LogP contribution in [0.1, 0.15) is 17.5 Å². The lowest BCUT2D eigenvalue weighted by atomic mass is 10.1. The van der Waals surface area contributed by atoms with Gasteiger partial charge in [-0.1, -0.05) is 36.4 Å². The van der Waals surface area contributed by atoms with Gasteiger partial charge >= 0.3 is 0 Å². The maximum absolute atomic E-state index is 5.75. The summed E-state index contributed by atoms with van der Waals surface area (Å²) in [5.41, 5.74) is 2.29. The first-order chi connectivity index (χ1) is 8.92. The summed E-state index contributed by atoms with van der Waals surface area (Å²) >= 11 is 0. The molecule has 0 aliphatic carbocycles. The normalized spacial score (nSPS) is 23.1. The number of hydrogen-bond donors (Lipinski definition) is 1. The van der Waals surface area contributed by atoms with E-state index in [4.69, 9.17) is 4.74 Å². The van der Waals surface area contributed by atoms with E-state index in [9.17, 15) is 0 Å². The number of hydrogen-bond acceptors (Lipinski definition) is 3. The van der Waals surface area contributed by atoms with Crippen molar-refractivity contribution < 1.29 is 4.74 Å². The van der Waals surface area contributed by atoms with Crippen molar-refractivity contribution in [2.75, 3.05) is 6.61 Å². The highest BCUT2D eigenvalue weighted by Crippen LogP contribution is 2.20. The van der Waals surface area contributed by atoms with E-state index < -0.39 is 0 Å². The summed E-state index contributed by atoms with van der Waals surface area (Å²) in [6.07, 6.45) is 2.72. The van der Waals surface area contributed by atoms with Crippen LogP contribution in [0.25, 0.3) is 0 Å². The minimum Gasteiger partial charge on any atom is -0.356 e. The van der Waals surface area contributed by atoms with Gasteiger partial charge in [0.05, 0.1) is 12.3 Å². The van der Waals surface area contributed by atoms with Gasteiger partial charge in [-0.3, -0.25) is 10.3 Å². The quantitative estimate of drug-likeness (QED) is 0.894. The lowest BCUT2D eigenvalue weighted by Crippen LogP contribution is -2.28. The Balaban J connectivity index is 1.62. The standard InChI is InChI=1S/C15H16N2O/c1-2-6-12(7-3-1)10-13-11-18-15(17-13)14-8-4-5-9-16-14/h1-9,13,15,17H,10-11H2/t13-,15+/m1/s1. The smallest absolute Gasteiger partial charge is 0.151 e. The zero-order valence-electron chi connectivity index (χ0n) is 10.1. The molecule has 0 saturated carbocycles. The number of aromatic nitrogens is 1. The summed E-state index contributed by atoms with van der Waals surface area (Å²) in [6, 6.07) is 16.7. The second-order valence-electron chi connectivity index (χ2n) is 4.52. The van der Waals surface area contributed by atoms with Crippen LogP contribution < -0.4 is 5.32 Å². The van der Waals surface area contributed by atoms with E-state index in [1.54, 1.807) is 6.20 Å². The third kappa shape index (κ3) is 2.58. The van der Waals surface area contributed by atoms with Gasteiger partial charge in [0.1, 0.15) is 0 Å². The molecule has 1 fully saturated rings. The molecule has 18 heavy (non-hydrogen) atoms. The fourth-order valence-corrected chi connectivity index (χ4v) is 2.24. The third-order valence-corrected chi connectivity index (χ3v) is 3.13. The van der Waals surface area contributed by atoms with Crippen LogP contribution in [-0.2, 0) is 11.2 Å². The molecule has 1 saturated heterocycles. The first-order valence-corrected chi connectivity index (χ1v) is 6.24. The SMILES string of the molecule is c1ccc(C[C@@H]2CO[C@@H](c3ccccn3)N2)cc1. The molecule has 3 nitrogen and oxygen atoms in total. The summed E-state index contributed by atoms with van der Waals surface area (Å²) in [6.45, 7) is 0.732. The molecule has 3 heteroatoms. The molecule has 2 aromatic rings. The van der Waals surface area contributed by atoms with Gasteiger partial charge in [0.15, 0.2) is 6.23 Å². The van der Waals surface area contributed by atoms with E-state index in [1.807, 2.05) is 24.3 Å². The van der Waals surface area contributed by atoms with E-state index in [0.29, 0.717) is 6.04 Å². The second kappa shape index (κ2) is 5.29. The Labute approximate surface area is 107 Å². The number of benzene rings is 1.